The molecule has 27 heavy (non-hydrogen) atoms. The van der Waals surface area contributed by atoms with Crippen LogP contribution >= 0.6 is 11.8 Å². The highest BCUT2D eigenvalue weighted by molar-refractivity contribution is 7.99. The van der Waals surface area contributed by atoms with E-state index in [1.807, 2.05) is 47.9 Å². The molecule has 1 aliphatic rings. The quantitative estimate of drug-likeness (QED) is 0.661. The van der Waals surface area contributed by atoms with Crippen molar-refractivity contribution in [1.29, 1.82) is 0 Å². The monoisotopic (exact) mass is 381 g/mol. The number of anilines is 1. The van der Waals surface area contributed by atoms with Crippen molar-refractivity contribution in [3.05, 3.63) is 48.3 Å². The fourth-order valence-corrected chi connectivity index (χ4v) is 3.71. The molecule has 0 radical (unpaired) electrons. The van der Waals surface area contributed by atoms with E-state index in [2.05, 4.69) is 20.5 Å². The topological polar surface area (TPSA) is 81.9 Å². The summed E-state index contributed by atoms with van der Waals surface area (Å²) < 4.78 is 7.58. The third-order valence-electron chi connectivity index (χ3n) is 4.21. The van der Waals surface area contributed by atoms with Gasteiger partial charge in [0.1, 0.15) is 5.75 Å². The first kappa shape index (κ1) is 17.5. The van der Waals surface area contributed by atoms with E-state index in [1.54, 1.807) is 6.20 Å². The third-order valence-corrected chi connectivity index (χ3v) is 5.17. The molecule has 8 heteroatoms. The SMILES string of the molecule is CCn1c(SCC(=O)Nc2ccccc2)nnc1-c1cnc2c(c1)OCC2. The molecule has 3 heterocycles. The van der Waals surface area contributed by atoms with Crippen LogP contribution in [0.1, 0.15) is 12.6 Å². The molecule has 138 valence electrons. The molecule has 7 nitrogen and oxygen atoms in total. The van der Waals surface area contributed by atoms with Crippen molar-refractivity contribution in [1.82, 2.24) is 19.7 Å². The Morgan fingerprint density at radius 1 is 1.30 bits per heavy atom. The summed E-state index contributed by atoms with van der Waals surface area (Å²) in [5, 5.41) is 12.2. The van der Waals surface area contributed by atoms with Crippen LogP contribution in [0.4, 0.5) is 5.69 Å². The normalized spacial score (nSPS) is 12.5. The summed E-state index contributed by atoms with van der Waals surface area (Å²) in [5.74, 6) is 1.73. The standard InChI is InChI=1S/C19H19N5O2S/c1-2-24-18(13-10-16-15(20-11-13)8-9-26-16)22-23-19(24)27-12-17(25)21-14-6-4-3-5-7-14/h3-7,10-11H,2,8-9,12H2,1H3,(H,21,25). The van der Waals surface area contributed by atoms with E-state index in [0.29, 0.717) is 18.3 Å². The summed E-state index contributed by atoms with van der Waals surface area (Å²) in [6.07, 6.45) is 2.65. The van der Waals surface area contributed by atoms with Crippen molar-refractivity contribution in [3.8, 4) is 17.1 Å². The molecule has 0 spiro atoms. The molecule has 1 N–H and O–H groups in total. The molecule has 1 amide bonds. The van der Waals surface area contributed by atoms with Crippen molar-refractivity contribution < 1.29 is 9.53 Å². The highest BCUT2D eigenvalue weighted by Gasteiger charge is 2.19. The molecule has 0 unspecified atom stereocenters. The van der Waals surface area contributed by atoms with Gasteiger partial charge in [-0.15, -0.1) is 10.2 Å². The van der Waals surface area contributed by atoms with E-state index in [4.69, 9.17) is 4.74 Å². The maximum Gasteiger partial charge on any atom is 0.234 e. The molecule has 0 atom stereocenters. The molecule has 0 aliphatic carbocycles. The Labute approximate surface area is 161 Å². The number of pyridine rings is 1. The summed E-state index contributed by atoms with van der Waals surface area (Å²) in [5.41, 5.74) is 2.63. The van der Waals surface area contributed by atoms with Crippen LogP contribution in [0.25, 0.3) is 11.4 Å². The van der Waals surface area contributed by atoms with Crippen LogP contribution in [0.3, 0.4) is 0 Å². The Kier molecular flexibility index (Phi) is 5.06. The predicted octanol–water partition coefficient (Wildman–Crippen LogP) is 3.03. The highest BCUT2D eigenvalue weighted by Crippen LogP contribution is 2.30. The van der Waals surface area contributed by atoms with Gasteiger partial charge in [-0.25, -0.2) is 0 Å². The molecule has 2 aromatic heterocycles. The molecule has 0 saturated heterocycles. The Bertz CT molecular complexity index is 958. The number of thioether (sulfide) groups is 1. The maximum atomic E-state index is 12.2. The van der Waals surface area contributed by atoms with E-state index in [-0.39, 0.29) is 11.7 Å². The molecule has 0 saturated carbocycles. The van der Waals surface area contributed by atoms with E-state index < -0.39 is 0 Å². The second kappa shape index (κ2) is 7.79. The van der Waals surface area contributed by atoms with Crippen molar-refractivity contribution in [2.45, 2.75) is 25.0 Å². The molecule has 0 bridgehead atoms. The first-order valence-electron chi connectivity index (χ1n) is 8.77. The molecule has 0 fully saturated rings. The highest BCUT2D eigenvalue weighted by atomic mass is 32.2. The fourth-order valence-electron chi connectivity index (χ4n) is 2.91. The van der Waals surface area contributed by atoms with Gasteiger partial charge >= 0.3 is 0 Å². The van der Waals surface area contributed by atoms with Crippen LogP contribution < -0.4 is 10.1 Å². The number of ether oxygens (including phenoxy) is 1. The number of carbonyl (C=O) groups is 1. The fraction of sp³-hybridized carbons (Fsp3) is 0.263. The van der Waals surface area contributed by atoms with Gasteiger partial charge in [0.2, 0.25) is 5.91 Å². The second-order valence-corrected chi connectivity index (χ2v) is 6.96. The summed E-state index contributed by atoms with van der Waals surface area (Å²) in [6.45, 7) is 3.39. The lowest BCUT2D eigenvalue weighted by Gasteiger charge is -2.08. The minimum atomic E-state index is -0.0778. The smallest absolute Gasteiger partial charge is 0.234 e. The Morgan fingerprint density at radius 3 is 2.96 bits per heavy atom. The first-order chi connectivity index (χ1) is 13.2. The van der Waals surface area contributed by atoms with Crippen molar-refractivity contribution in [3.63, 3.8) is 0 Å². The minimum absolute atomic E-state index is 0.0778. The average Bonchev–Trinajstić information content (AvgIpc) is 3.32. The van der Waals surface area contributed by atoms with Crippen molar-refractivity contribution in [2.75, 3.05) is 17.7 Å². The molecular formula is C19H19N5O2S. The minimum Gasteiger partial charge on any atom is -0.491 e. The Hall–Kier alpha value is -2.87. The first-order valence-corrected chi connectivity index (χ1v) is 9.76. The van der Waals surface area contributed by atoms with Crippen LogP contribution in [0.15, 0.2) is 47.8 Å². The third kappa shape index (κ3) is 3.80. The summed E-state index contributed by atoms with van der Waals surface area (Å²) in [4.78, 5) is 16.6. The number of benzene rings is 1. The van der Waals surface area contributed by atoms with Gasteiger partial charge < -0.3 is 14.6 Å². The van der Waals surface area contributed by atoms with Gasteiger partial charge in [0.05, 0.1) is 18.1 Å². The van der Waals surface area contributed by atoms with Crippen molar-refractivity contribution in [2.24, 2.45) is 0 Å². The second-order valence-electron chi connectivity index (χ2n) is 6.02. The van der Waals surface area contributed by atoms with Gasteiger partial charge in [0.25, 0.3) is 0 Å². The number of fused-ring (bicyclic) bond motifs is 1. The molecule has 1 aliphatic heterocycles. The van der Waals surface area contributed by atoms with Gasteiger partial charge in [-0.3, -0.25) is 9.78 Å². The van der Waals surface area contributed by atoms with Crippen molar-refractivity contribution >= 4 is 23.4 Å². The number of hydrogen-bond donors (Lipinski definition) is 1. The molecule has 1 aromatic carbocycles. The largest absolute Gasteiger partial charge is 0.491 e. The van der Waals surface area contributed by atoms with Crippen LogP contribution in [0, 0.1) is 0 Å². The van der Waals surface area contributed by atoms with E-state index >= 15 is 0 Å². The van der Waals surface area contributed by atoms with Gasteiger partial charge in [0.15, 0.2) is 11.0 Å². The number of carbonyl (C=O) groups excluding carboxylic acids is 1. The van der Waals surface area contributed by atoms with E-state index in [9.17, 15) is 4.79 Å². The van der Waals surface area contributed by atoms with Gasteiger partial charge in [0, 0.05) is 30.4 Å². The maximum absolute atomic E-state index is 12.2. The Balaban J connectivity index is 1.47. The number of para-hydroxylation sites is 1. The van der Waals surface area contributed by atoms with E-state index in [0.717, 1.165) is 34.9 Å². The zero-order chi connectivity index (χ0) is 18.6. The van der Waals surface area contributed by atoms with Crippen LogP contribution in [-0.2, 0) is 17.8 Å². The summed E-state index contributed by atoms with van der Waals surface area (Å²) in [6, 6.07) is 11.4. The number of rotatable bonds is 6. The lowest BCUT2D eigenvalue weighted by Crippen LogP contribution is -2.14. The van der Waals surface area contributed by atoms with Crippen LogP contribution in [0.2, 0.25) is 0 Å². The number of nitrogens with one attached hydrogen (secondary N) is 1. The van der Waals surface area contributed by atoms with Gasteiger partial charge in [-0.1, -0.05) is 30.0 Å². The number of nitrogens with zero attached hydrogens (tertiary/aromatic N) is 4. The molecular weight excluding hydrogens is 362 g/mol. The summed E-state index contributed by atoms with van der Waals surface area (Å²) in [7, 11) is 0. The Morgan fingerprint density at radius 2 is 2.15 bits per heavy atom. The number of amides is 1. The zero-order valence-corrected chi connectivity index (χ0v) is 15.7. The van der Waals surface area contributed by atoms with Gasteiger partial charge in [-0.05, 0) is 25.1 Å². The van der Waals surface area contributed by atoms with Crippen LogP contribution in [-0.4, -0.2) is 38.0 Å². The number of hydrogen-bond acceptors (Lipinski definition) is 6. The average molecular weight is 381 g/mol. The lowest BCUT2D eigenvalue weighted by molar-refractivity contribution is -0.113. The molecule has 3 aromatic rings. The zero-order valence-electron chi connectivity index (χ0n) is 14.9. The molecule has 4 rings (SSSR count). The van der Waals surface area contributed by atoms with E-state index in [1.165, 1.54) is 11.8 Å². The summed E-state index contributed by atoms with van der Waals surface area (Å²) >= 11 is 1.37. The van der Waals surface area contributed by atoms with Crippen LogP contribution in [0.5, 0.6) is 5.75 Å². The predicted molar refractivity (Wildman–Crippen MR) is 104 cm³/mol. The number of aromatic nitrogens is 4. The lowest BCUT2D eigenvalue weighted by atomic mass is 10.2. The van der Waals surface area contributed by atoms with Gasteiger partial charge in [-0.2, -0.15) is 0 Å².